The first-order valence-corrected chi connectivity index (χ1v) is 18.6. The van der Waals surface area contributed by atoms with Crippen LogP contribution in [0.4, 0.5) is 0 Å². The SMILES string of the molecule is C=C1C=C(c2cc3c4c(oc3c3ccccc23)CCC=C4C2C=CC(c3ccc4ccccc4c3)=CC2)C=C(c2ccccc2)N=C1c1ccccc1. The smallest absolute Gasteiger partial charge is 0.142 e. The average Bonchev–Trinajstić information content (AvgIpc) is 3.52. The summed E-state index contributed by atoms with van der Waals surface area (Å²) in [6.45, 7) is 4.57. The normalized spacial score (nSPS) is 17.2. The van der Waals surface area contributed by atoms with Crippen LogP contribution in [-0.4, -0.2) is 5.71 Å². The van der Waals surface area contributed by atoms with E-state index in [1.165, 1.54) is 38.4 Å². The van der Waals surface area contributed by atoms with Crippen LogP contribution in [0.25, 0.3) is 54.9 Å². The molecule has 2 aliphatic carbocycles. The molecule has 6 aromatic carbocycles. The molecule has 0 saturated heterocycles. The lowest BCUT2D eigenvalue weighted by Gasteiger charge is -2.23. The molecule has 2 heterocycles. The van der Waals surface area contributed by atoms with E-state index < -0.39 is 0 Å². The summed E-state index contributed by atoms with van der Waals surface area (Å²) in [4.78, 5) is 5.28. The van der Waals surface area contributed by atoms with E-state index in [0.29, 0.717) is 0 Å². The van der Waals surface area contributed by atoms with E-state index in [9.17, 15) is 0 Å². The lowest BCUT2D eigenvalue weighted by molar-refractivity contribution is 0.546. The van der Waals surface area contributed by atoms with Crippen LogP contribution in [0.15, 0.2) is 191 Å². The Morgan fingerprint density at radius 2 is 1.36 bits per heavy atom. The number of nitrogens with zero attached hydrogens (tertiary/aromatic N) is 1. The van der Waals surface area contributed by atoms with Gasteiger partial charge in [-0.2, -0.15) is 0 Å². The monoisotopic (exact) mass is 679 g/mol. The maximum absolute atomic E-state index is 6.85. The van der Waals surface area contributed by atoms with Crippen LogP contribution in [0.2, 0.25) is 0 Å². The van der Waals surface area contributed by atoms with E-state index >= 15 is 0 Å². The molecule has 0 radical (unpaired) electrons. The summed E-state index contributed by atoms with van der Waals surface area (Å²) in [6, 6.07) is 47.2. The van der Waals surface area contributed by atoms with Gasteiger partial charge in [0.2, 0.25) is 0 Å². The molecule has 0 amide bonds. The van der Waals surface area contributed by atoms with Crippen molar-refractivity contribution < 1.29 is 4.42 Å². The highest BCUT2D eigenvalue weighted by Crippen LogP contribution is 2.46. The fourth-order valence-corrected chi connectivity index (χ4v) is 8.36. The maximum atomic E-state index is 6.85. The van der Waals surface area contributed by atoms with E-state index in [0.717, 1.165) is 80.6 Å². The molecule has 1 atom stereocenters. The molecular weight excluding hydrogens is 643 g/mol. The van der Waals surface area contributed by atoms with Gasteiger partial charge in [0.15, 0.2) is 0 Å². The molecule has 0 fully saturated rings. The zero-order valence-electron chi connectivity index (χ0n) is 29.4. The van der Waals surface area contributed by atoms with Gasteiger partial charge in [-0.1, -0.05) is 152 Å². The van der Waals surface area contributed by atoms with Gasteiger partial charge in [-0.15, -0.1) is 0 Å². The van der Waals surface area contributed by atoms with Crippen LogP contribution in [-0.2, 0) is 6.42 Å². The zero-order valence-corrected chi connectivity index (χ0v) is 29.4. The highest BCUT2D eigenvalue weighted by molar-refractivity contribution is 6.20. The molecule has 2 heteroatoms. The Morgan fingerprint density at radius 3 is 2.15 bits per heavy atom. The predicted octanol–water partition coefficient (Wildman–Crippen LogP) is 13.2. The van der Waals surface area contributed by atoms with Gasteiger partial charge in [-0.3, -0.25) is 0 Å². The number of allylic oxidation sites excluding steroid dienone is 10. The lowest BCUT2D eigenvalue weighted by Crippen LogP contribution is -2.07. The average molecular weight is 680 g/mol. The van der Waals surface area contributed by atoms with Crippen LogP contribution >= 0.6 is 0 Å². The van der Waals surface area contributed by atoms with Crippen LogP contribution in [0, 0.1) is 5.92 Å². The molecule has 1 aromatic heterocycles. The Labute approximate surface area is 309 Å². The minimum Gasteiger partial charge on any atom is -0.460 e. The van der Waals surface area contributed by atoms with Crippen molar-refractivity contribution in [1.29, 1.82) is 0 Å². The van der Waals surface area contributed by atoms with Gasteiger partial charge in [-0.25, -0.2) is 4.99 Å². The molecule has 0 spiro atoms. The van der Waals surface area contributed by atoms with Crippen LogP contribution in [0.5, 0.6) is 0 Å². The Morgan fingerprint density at radius 1 is 0.623 bits per heavy atom. The Balaban J connectivity index is 1.09. The van der Waals surface area contributed by atoms with Crippen molar-refractivity contribution >= 4 is 60.6 Å². The van der Waals surface area contributed by atoms with Crippen LogP contribution < -0.4 is 0 Å². The largest absolute Gasteiger partial charge is 0.460 e. The number of hydrogen-bond acceptors (Lipinski definition) is 2. The summed E-state index contributed by atoms with van der Waals surface area (Å²) in [5.41, 5.74) is 13.2. The summed E-state index contributed by atoms with van der Waals surface area (Å²) in [6.07, 6.45) is 16.9. The molecule has 0 bridgehead atoms. The Bertz CT molecular complexity index is 2800. The minimum absolute atomic E-state index is 0.275. The molecular formula is C51H37NO. The first-order chi connectivity index (χ1) is 26.2. The molecule has 2 nitrogen and oxygen atoms in total. The number of rotatable bonds is 5. The van der Waals surface area contributed by atoms with E-state index in [4.69, 9.17) is 9.41 Å². The number of furan rings is 1. The Kier molecular flexibility index (Phi) is 7.61. The van der Waals surface area contributed by atoms with E-state index in [1.54, 1.807) is 0 Å². The van der Waals surface area contributed by atoms with Crippen molar-refractivity contribution in [3.05, 3.63) is 216 Å². The van der Waals surface area contributed by atoms with Gasteiger partial charge in [0.1, 0.15) is 11.3 Å². The third kappa shape index (κ3) is 5.55. The number of fused-ring (bicyclic) bond motifs is 6. The van der Waals surface area contributed by atoms with E-state index in [-0.39, 0.29) is 5.92 Å². The first kappa shape index (κ1) is 31.2. The van der Waals surface area contributed by atoms with Crippen molar-refractivity contribution in [2.75, 3.05) is 0 Å². The van der Waals surface area contributed by atoms with Gasteiger partial charge in [-0.05, 0) is 86.7 Å². The Hall–Kier alpha value is -6.51. The summed E-state index contributed by atoms with van der Waals surface area (Å²) in [5, 5.41) is 6.00. The van der Waals surface area contributed by atoms with Crippen LogP contribution in [0.3, 0.4) is 0 Å². The van der Waals surface area contributed by atoms with Gasteiger partial charge < -0.3 is 4.42 Å². The summed E-state index contributed by atoms with van der Waals surface area (Å²) >= 11 is 0. The van der Waals surface area contributed by atoms with Crippen molar-refractivity contribution in [2.45, 2.75) is 19.3 Å². The van der Waals surface area contributed by atoms with Crippen LogP contribution in [0.1, 0.15) is 46.4 Å². The molecule has 10 rings (SSSR count). The fourth-order valence-electron chi connectivity index (χ4n) is 8.36. The van der Waals surface area contributed by atoms with Gasteiger partial charge in [0.05, 0.1) is 11.4 Å². The molecule has 0 saturated carbocycles. The van der Waals surface area contributed by atoms with Crippen molar-refractivity contribution in [3.63, 3.8) is 0 Å². The second-order valence-electron chi connectivity index (χ2n) is 14.2. The molecule has 3 aliphatic rings. The first-order valence-electron chi connectivity index (χ1n) is 18.6. The minimum atomic E-state index is 0.275. The van der Waals surface area contributed by atoms with E-state index in [2.05, 4.69) is 164 Å². The highest BCUT2D eigenvalue weighted by atomic mass is 16.3. The zero-order chi connectivity index (χ0) is 35.3. The second kappa shape index (κ2) is 12.9. The van der Waals surface area contributed by atoms with E-state index in [1.807, 2.05) is 12.1 Å². The third-order valence-corrected chi connectivity index (χ3v) is 11.0. The molecule has 1 aliphatic heterocycles. The van der Waals surface area contributed by atoms with Gasteiger partial charge in [0.25, 0.3) is 0 Å². The number of aliphatic imine (C=N–C) groups is 1. The molecule has 53 heavy (non-hydrogen) atoms. The summed E-state index contributed by atoms with van der Waals surface area (Å²) in [7, 11) is 0. The quantitative estimate of drug-likeness (QED) is 0.178. The van der Waals surface area contributed by atoms with Gasteiger partial charge >= 0.3 is 0 Å². The highest BCUT2D eigenvalue weighted by Gasteiger charge is 2.28. The third-order valence-electron chi connectivity index (χ3n) is 11.0. The fraction of sp³-hybridized carbons (Fsp3) is 0.0784. The van der Waals surface area contributed by atoms with Crippen molar-refractivity contribution in [3.8, 4) is 0 Å². The number of hydrogen-bond donors (Lipinski definition) is 0. The second-order valence-corrected chi connectivity index (χ2v) is 14.2. The predicted molar refractivity (Wildman–Crippen MR) is 224 cm³/mol. The lowest BCUT2D eigenvalue weighted by atomic mass is 9.80. The summed E-state index contributed by atoms with van der Waals surface area (Å²) in [5.74, 6) is 1.37. The maximum Gasteiger partial charge on any atom is 0.142 e. The molecule has 1 unspecified atom stereocenters. The topological polar surface area (TPSA) is 25.5 Å². The number of benzene rings is 6. The van der Waals surface area contributed by atoms with Crippen molar-refractivity contribution in [1.82, 2.24) is 0 Å². The van der Waals surface area contributed by atoms with Gasteiger partial charge in [0, 0.05) is 39.8 Å². The number of aryl methyl sites for hydroxylation is 1. The molecule has 252 valence electrons. The standard InChI is InChI=1S/C51H37NO/c1-33-29-41(31-47(37-14-4-2-5-15-37)52-50(33)38-16-6-3-7-17-38)45-32-46-49-42(21-12-22-48(49)53-51(46)44-20-11-10-19-43(44)45)36-26-23-35(24-27-36)40-28-25-34-13-8-9-18-39(34)30-40/h2-11,13-21,23-26,28-32,36H,1,12,22,27H2. The van der Waals surface area contributed by atoms with Crippen molar-refractivity contribution in [2.24, 2.45) is 10.9 Å². The molecule has 7 aromatic rings. The molecule has 0 N–H and O–H groups in total. The summed E-state index contributed by atoms with van der Waals surface area (Å²) < 4.78 is 6.85.